The zero-order valence-corrected chi connectivity index (χ0v) is 12.8. The van der Waals surface area contributed by atoms with Crippen molar-refractivity contribution in [2.45, 2.75) is 45.8 Å². The molecule has 2 aliphatic rings. The summed E-state index contributed by atoms with van der Waals surface area (Å²) in [5, 5.41) is 12.8. The van der Waals surface area contributed by atoms with E-state index in [1.807, 2.05) is 13.0 Å². The van der Waals surface area contributed by atoms with E-state index in [0.717, 1.165) is 24.3 Å². The second kappa shape index (κ2) is 5.02. The lowest BCUT2D eigenvalue weighted by atomic mass is 9.55. The maximum Gasteiger partial charge on any atom is 0.336 e. The summed E-state index contributed by atoms with van der Waals surface area (Å²) < 4.78 is 5.92. The fraction of sp³-hybridized carbons (Fsp3) is 0.588. The largest absolute Gasteiger partial charge is 0.478 e. The molecule has 21 heavy (non-hydrogen) atoms. The molecule has 3 rings (SSSR count). The number of fused-ring (bicyclic) bond motifs is 1. The van der Waals surface area contributed by atoms with Crippen molar-refractivity contribution in [1.29, 1.82) is 0 Å². The molecule has 0 aromatic heterocycles. The van der Waals surface area contributed by atoms with Crippen LogP contribution in [0.25, 0.3) is 0 Å². The van der Waals surface area contributed by atoms with Crippen molar-refractivity contribution >= 4 is 11.7 Å². The highest BCUT2D eigenvalue weighted by Gasteiger charge is 2.57. The van der Waals surface area contributed by atoms with E-state index in [2.05, 4.69) is 19.2 Å². The molecule has 4 heteroatoms. The van der Waals surface area contributed by atoms with Gasteiger partial charge in [-0.15, -0.1) is 0 Å². The SMILES string of the molecule is Cc1c(NC2C3CCCOC3C2(C)C)cccc1C(=O)O. The third-order valence-electron chi connectivity index (χ3n) is 5.21. The Labute approximate surface area is 125 Å². The highest BCUT2D eigenvalue weighted by atomic mass is 16.5. The van der Waals surface area contributed by atoms with E-state index in [-0.39, 0.29) is 5.41 Å². The number of hydrogen-bond donors (Lipinski definition) is 2. The van der Waals surface area contributed by atoms with Crippen LogP contribution >= 0.6 is 0 Å². The normalized spacial score (nSPS) is 30.1. The summed E-state index contributed by atoms with van der Waals surface area (Å²) in [7, 11) is 0. The van der Waals surface area contributed by atoms with E-state index in [1.54, 1.807) is 12.1 Å². The van der Waals surface area contributed by atoms with E-state index in [9.17, 15) is 9.90 Å². The minimum absolute atomic E-state index is 0.0801. The Morgan fingerprint density at radius 3 is 2.90 bits per heavy atom. The van der Waals surface area contributed by atoms with Gasteiger partial charge in [0.2, 0.25) is 0 Å². The molecule has 2 N–H and O–H groups in total. The Morgan fingerprint density at radius 2 is 2.19 bits per heavy atom. The number of rotatable bonds is 3. The number of carbonyl (C=O) groups is 1. The van der Waals surface area contributed by atoms with Crippen LogP contribution in [-0.2, 0) is 4.74 Å². The second-order valence-corrected chi connectivity index (χ2v) is 6.82. The summed E-state index contributed by atoms with van der Waals surface area (Å²) in [6.07, 6.45) is 2.62. The predicted octanol–water partition coefficient (Wildman–Crippen LogP) is 3.31. The molecule has 1 saturated carbocycles. The van der Waals surface area contributed by atoms with Crippen LogP contribution in [0.3, 0.4) is 0 Å². The Kier molecular flexibility index (Phi) is 3.44. The van der Waals surface area contributed by atoms with Crippen molar-refractivity contribution in [3.63, 3.8) is 0 Å². The minimum atomic E-state index is -0.872. The molecule has 3 unspecified atom stereocenters. The average molecular weight is 289 g/mol. The summed E-state index contributed by atoms with van der Waals surface area (Å²) in [4.78, 5) is 11.3. The first-order valence-corrected chi connectivity index (χ1v) is 7.64. The molecule has 1 aromatic carbocycles. The first-order valence-electron chi connectivity index (χ1n) is 7.64. The van der Waals surface area contributed by atoms with Crippen LogP contribution in [-0.4, -0.2) is 29.8 Å². The third kappa shape index (κ3) is 2.22. The lowest BCUT2D eigenvalue weighted by Gasteiger charge is -2.60. The van der Waals surface area contributed by atoms with Gasteiger partial charge in [0.05, 0.1) is 11.7 Å². The molecule has 0 bridgehead atoms. The average Bonchev–Trinajstić information content (AvgIpc) is 2.45. The van der Waals surface area contributed by atoms with Gasteiger partial charge < -0.3 is 15.2 Å². The molecule has 0 amide bonds. The summed E-state index contributed by atoms with van der Waals surface area (Å²) in [6, 6.07) is 5.76. The van der Waals surface area contributed by atoms with Crippen molar-refractivity contribution in [3.8, 4) is 0 Å². The van der Waals surface area contributed by atoms with Gasteiger partial charge in [0, 0.05) is 29.7 Å². The number of carboxylic acid groups (broad SMARTS) is 1. The zero-order valence-electron chi connectivity index (χ0n) is 12.8. The van der Waals surface area contributed by atoms with Gasteiger partial charge in [-0.3, -0.25) is 0 Å². The Balaban J connectivity index is 1.84. The van der Waals surface area contributed by atoms with Crippen molar-refractivity contribution in [1.82, 2.24) is 0 Å². The second-order valence-electron chi connectivity index (χ2n) is 6.82. The van der Waals surface area contributed by atoms with Gasteiger partial charge in [-0.1, -0.05) is 19.9 Å². The Morgan fingerprint density at radius 1 is 1.43 bits per heavy atom. The Bertz CT molecular complexity index is 567. The number of nitrogens with one attached hydrogen (secondary N) is 1. The number of anilines is 1. The van der Waals surface area contributed by atoms with Crippen LogP contribution < -0.4 is 5.32 Å². The summed E-state index contributed by atoms with van der Waals surface area (Å²) in [5.41, 5.74) is 2.18. The van der Waals surface area contributed by atoms with Crippen LogP contribution in [0, 0.1) is 18.3 Å². The lowest BCUT2D eigenvalue weighted by Crippen LogP contribution is -2.67. The molecule has 1 aliphatic carbocycles. The number of benzene rings is 1. The van der Waals surface area contributed by atoms with Gasteiger partial charge >= 0.3 is 5.97 Å². The highest BCUT2D eigenvalue weighted by Crippen LogP contribution is 2.52. The van der Waals surface area contributed by atoms with Gasteiger partial charge in [-0.05, 0) is 37.5 Å². The quantitative estimate of drug-likeness (QED) is 0.896. The summed E-state index contributed by atoms with van der Waals surface area (Å²) in [5.74, 6) is -0.343. The molecule has 1 heterocycles. The van der Waals surface area contributed by atoms with Gasteiger partial charge in [-0.25, -0.2) is 4.79 Å². The van der Waals surface area contributed by atoms with Crippen molar-refractivity contribution in [2.24, 2.45) is 11.3 Å². The third-order valence-corrected chi connectivity index (χ3v) is 5.21. The van der Waals surface area contributed by atoms with Crippen molar-refractivity contribution in [2.75, 3.05) is 11.9 Å². The predicted molar refractivity (Wildman–Crippen MR) is 81.8 cm³/mol. The van der Waals surface area contributed by atoms with E-state index < -0.39 is 5.97 Å². The molecule has 0 spiro atoms. The number of carboxylic acids is 1. The molecular weight excluding hydrogens is 266 g/mol. The van der Waals surface area contributed by atoms with Crippen LogP contribution in [0.15, 0.2) is 18.2 Å². The van der Waals surface area contributed by atoms with Crippen LogP contribution in [0.5, 0.6) is 0 Å². The minimum Gasteiger partial charge on any atom is -0.478 e. The van der Waals surface area contributed by atoms with E-state index in [4.69, 9.17) is 4.74 Å². The van der Waals surface area contributed by atoms with Gasteiger partial charge in [0.1, 0.15) is 0 Å². The van der Waals surface area contributed by atoms with Gasteiger partial charge in [0.25, 0.3) is 0 Å². The number of hydrogen-bond acceptors (Lipinski definition) is 3. The smallest absolute Gasteiger partial charge is 0.336 e. The van der Waals surface area contributed by atoms with E-state index in [1.165, 1.54) is 6.42 Å². The van der Waals surface area contributed by atoms with E-state index in [0.29, 0.717) is 23.6 Å². The van der Waals surface area contributed by atoms with Crippen molar-refractivity contribution in [3.05, 3.63) is 29.3 Å². The van der Waals surface area contributed by atoms with Crippen LogP contribution in [0.1, 0.15) is 42.6 Å². The first-order chi connectivity index (χ1) is 9.93. The topological polar surface area (TPSA) is 58.6 Å². The molecule has 1 aliphatic heterocycles. The molecule has 0 radical (unpaired) electrons. The fourth-order valence-electron chi connectivity index (χ4n) is 4.01. The van der Waals surface area contributed by atoms with Crippen LogP contribution in [0.2, 0.25) is 0 Å². The highest BCUT2D eigenvalue weighted by molar-refractivity contribution is 5.91. The standard InChI is InChI=1S/C17H23NO3/c1-10-11(16(19)20)6-4-8-13(10)18-14-12-7-5-9-21-15(12)17(14,2)3/h4,6,8,12,14-15,18H,5,7,9H2,1-3H3,(H,19,20). The van der Waals surface area contributed by atoms with Crippen molar-refractivity contribution < 1.29 is 14.6 Å². The first kappa shape index (κ1) is 14.4. The molecule has 4 nitrogen and oxygen atoms in total. The molecule has 114 valence electrons. The summed E-state index contributed by atoms with van der Waals surface area (Å²) >= 11 is 0. The zero-order chi connectivity index (χ0) is 15.2. The van der Waals surface area contributed by atoms with E-state index >= 15 is 0 Å². The maximum atomic E-state index is 11.3. The summed E-state index contributed by atoms with van der Waals surface area (Å²) in [6.45, 7) is 7.19. The van der Waals surface area contributed by atoms with Gasteiger partial charge in [-0.2, -0.15) is 0 Å². The number of ether oxygens (including phenoxy) is 1. The monoisotopic (exact) mass is 289 g/mol. The maximum absolute atomic E-state index is 11.3. The lowest BCUT2D eigenvalue weighted by molar-refractivity contribution is -0.177. The van der Waals surface area contributed by atoms with Gasteiger partial charge in [0.15, 0.2) is 0 Å². The molecular formula is C17H23NO3. The van der Waals surface area contributed by atoms with Crippen LogP contribution in [0.4, 0.5) is 5.69 Å². The molecule has 3 atom stereocenters. The fourth-order valence-corrected chi connectivity index (χ4v) is 4.01. The molecule has 1 saturated heterocycles. The molecule has 2 fully saturated rings. The number of aromatic carboxylic acids is 1. The Hall–Kier alpha value is -1.55. The molecule has 1 aromatic rings.